The summed E-state index contributed by atoms with van der Waals surface area (Å²) in [6, 6.07) is 12.0. The minimum absolute atomic E-state index is 0.168. The summed E-state index contributed by atoms with van der Waals surface area (Å²) >= 11 is 0. The zero-order valence-electron chi connectivity index (χ0n) is 16.4. The first kappa shape index (κ1) is 17.8. The molecule has 0 radical (unpaired) electrons. The quantitative estimate of drug-likeness (QED) is 0.794. The third-order valence-electron chi connectivity index (χ3n) is 6.72. The summed E-state index contributed by atoms with van der Waals surface area (Å²) in [6.07, 6.45) is 2.91. The molecule has 0 bridgehead atoms. The number of nitrogens with zero attached hydrogens (tertiary/aromatic N) is 2. The van der Waals surface area contributed by atoms with Gasteiger partial charge >= 0.3 is 0 Å². The molecule has 3 saturated heterocycles. The Labute approximate surface area is 165 Å². The minimum atomic E-state index is -0.403. The number of para-hydroxylation sites is 2. The lowest BCUT2D eigenvalue weighted by molar-refractivity contribution is -0.126. The number of rotatable bonds is 5. The molecule has 6 heteroatoms. The topological polar surface area (TPSA) is 55.2 Å². The second-order valence-corrected chi connectivity index (χ2v) is 7.99. The average molecular weight is 382 g/mol. The van der Waals surface area contributed by atoms with Crippen molar-refractivity contribution >= 4 is 11.6 Å². The van der Waals surface area contributed by atoms with Crippen molar-refractivity contribution in [2.45, 2.75) is 37.5 Å². The van der Waals surface area contributed by atoms with Crippen molar-refractivity contribution in [1.29, 1.82) is 0 Å². The van der Waals surface area contributed by atoms with Gasteiger partial charge in [0, 0.05) is 26.1 Å². The van der Waals surface area contributed by atoms with Crippen LogP contribution in [-0.4, -0.2) is 43.7 Å². The lowest BCUT2D eigenvalue weighted by Crippen LogP contribution is -2.49. The first-order valence-electron chi connectivity index (χ1n) is 9.98. The van der Waals surface area contributed by atoms with Crippen molar-refractivity contribution in [3.05, 3.63) is 47.9 Å². The highest BCUT2D eigenvalue weighted by atomic mass is 16.5. The predicted octanol–water partition coefficient (Wildman–Crippen LogP) is 3.38. The molecule has 0 unspecified atom stereocenters. The van der Waals surface area contributed by atoms with Gasteiger partial charge in [0.25, 0.3) is 0 Å². The molecular formula is C22H26N2O4. The Morgan fingerprint density at radius 3 is 2.89 bits per heavy atom. The van der Waals surface area contributed by atoms with E-state index in [1.807, 2.05) is 35.2 Å². The highest BCUT2D eigenvalue weighted by Crippen LogP contribution is 2.57. The van der Waals surface area contributed by atoms with Gasteiger partial charge in [-0.25, -0.2) is 0 Å². The second kappa shape index (κ2) is 6.64. The SMILES string of the molecule is COCc1ccc([C@@H]2C[C@H]3CN(c4ccccc4OC)C(=O)[C@]34CCCN24)o1. The summed E-state index contributed by atoms with van der Waals surface area (Å²) in [5, 5.41) is 0. The number of ether oxygens (including phenoxy) is 2. The van der Waals surface area contributed by atoms with Crippen LogP contribution in [0.25, 0.3) is 0 Å². The van der Waals surface area contributed by atoms with E-state index in [1.165, 1.54) is 0 Å². The number of anilines is 1. The van der Waals surface area contributed by atoms with E-state index in [0.717, 1.165) is 55.3 Å². The molecule has 0 N–H and O–H groups in total. The molecule has 28 heavy (non-hydrogen) atoms. The lowest BCUT2D eigenvalue weighted by atomic mass is 9.85. The van der Waals surface area contributed by atoms with Crippen LogP contribution in [0.15, 0.2) is 40.8 Å². The van der Waals surface area contributed by atoms with Gasteiger partial charge in [0.1, 0.15) is 29.4 Å². The van der Waals surface area contributed by atoms with E-state index in [2.05, 4.69) is 11.0 Å². The molecule has 4 heterocycles. The first-order chi connectivity index (χ1) is 13.7. The van der Waals surface area contributed by atoms with Crippen LogP contribution < -0.4 is 9.64 Å². The summed E-state index contributed by atoms with van der Waals surface area (Å²) < 4.78 is 16.8. The van der Waals surface area contributed by atoms with E-state index in [4.69, 9.17) is 13.9 Å². The van der Waals surface area contributed by atoms with Gasteiger partial charge < -0.3 is 18.8 Å². The smallest absolute Gasteiger partial charge is 0.248 e. The molecule has 1 amide bonds. The molecule has 2 aromatic rings. The summed E-state index contributed by atoms with van der Waals surface area (Å²) in [5.41, 5.74) is 0.474. The molecule has 5 rings (SSSR count). The van der Waals surface area contributed by atoms with Gasteiger partial charge in [0.15, 0.2) is 0 Å². The number of benzene rings is 1. The lowest BCUT2D eigenvalue weighted by Gasteiger charge is -2.33. The third kappa shape index (κ3) is 2.37. The van der Waals surface area contributed by atoms with Crippen molar-refractivity contribution in [3.8, 4) is 5.75 Å². The zero-order valence-corrected chi connectivity index (χ0v) is 16.4. The van der Waals surface area contributed by atoms with Gasteiger partial charge in [-0.15, -0.1) is 0 Å². The fourth-order valence-corrected chi connectivity index (χ4v) is 5.62. The standard InChI is InChI=1S/C22H26N2O4/c1-26-14-16-8-9-20(28-16)18-12-15-13-23(17-6-3-4-7-19(17)27-2)21(25)22(15)10-5-11-24(18)22/h3-4,6-9,15,18H,5,10-14H2,1-2H3/t15-,18-,22-/m0/s1. The van der Waals surface area contributed by atoms with Crippen LogP contribution in [0.2, 0.25) is 0 Å². The van der Waals surface area contributed by atoms with Crippen molar-refractivity contribution in [1.82, 2.24) is 4.90 Å². The maximum atomic E-state index is 13.7. The highest BCUT2D eigenvalue weighted by molar-refractivity contribution is 6.04. The molecule has 1 aromatic heterocycles. The van der Waals surface area contributed by atoms with Crippen LogP contribution in [-0.2, 0) is 16.1 Å². The Morgan fingerprint density at radius 1 is 1.21 bits per heavy atom. The Bertz CT molecular complexity index is 894. The molecule has 0 aliphatic carbocycles. The summed E-state index contributed by atoms with van der Waals surface area (Å²) in [6.45, 7) is 2.15. The molecule has 3 atom stereocenters. The predicted molar refractivity (Wildman–Crippen MR) is 104 cm³/mol. The second-order valence-electron chi connectivity index (χ2n) is 7.99. The van der Waals surface area contributed by atoms with Crippen molar-refractivity contribution in [2.24, 2.45) is 5.92 Å². The van der Waals surface area contributed by atoms with Gasteiger partial charge in [0.2, 0.25) is 5.91 Å². The Morgan fingerprint density at radius 2 is 2.07 bits per heavy atom. The van der Waals surface area contributed by atoms with E-state index >= 15 is 0 Å². The third-order valence-corrected chi connectivity index (χ3v) is 6.72. The van der Waals surface area contributed by atoms with Crippen molar-refractivity contribution in [2.75, 3.05) is 32.2 Å². The number of carbonyl (C=O) groups excluding carboxylic acids is 1. The fraction of sp³-hybridized carbons (Fsp3) is 0.500. The molecule has 0 saturated carbocycles. The van der Waals surface area contributed by atoms with Crippen LogP contribution in [0.1, 0.15) is 36.8 Å². The summed E-state index contributed by atoms with van der Waals surface area (Å²) in [7, 11) is 3.33. The van der Waals surface area contributed by atoms with Crippen LogP contribution in [0.3, 0.4) is 0 Å². The number of methoxy groups -OCH3 is 2. The molecule has 3 fully saturated rings. The van der Waals surface area contributed by atoms with Crippen LogP contribution in [0.4, 0.5) is 5.69 Å². The Hall–Kier alpha value is -2.31. The molecule has 1 aromatic carbocycles. The fourth-order valence-electron chi connectivity index (χ4n) is 5.62. The number of hydrogen-bond acceptors (Lipinski definition) is 5. The number of amides is 1. The largest absolute Gasteiger partial charge is 0.495 e. The monoisotopic (exact) mass is 382 g/mol. The average Bonchev–Trinajstić information content (AvgIpc) is 3.45. The normalized spacial score (nSPS) is 29.4. The van der Waals surface area contributed by atoms with Crippen molar-refractivity contribution in [3.63, 3.8) is 0 Å². The van der Waals surface area contributed by atoms with Crippen LogP contribution in [0, 0.1) is 5.92 Å². The molecule has 3 aliphatic rings. The van der Waals surface area contributed by atoms with Gasteiger partial charge in [-0.05, 0) is 43.5 Å². The van der Waals surface area contributed by atoms with E-state index in [-0.39, 0.29) is 11.9 Å². The van der Waals surface area contributed by atoms with E-state index in [0.29, 0.717) is 12.5 Å². The van der Waals surface area contributed by atoms with E-state index in [9.17, 15) is 4.79 Å². The highest BCUT2D eigenvalue weighted by Gasteiger charge is 2.66. The van der Waals surface area contributed by atoms with E-state index < -0.39 is 5.54 Å². The maximum absolute atomic E-state index is 13.7. The van der Waals surface area contributed by atoms with Gasteiger partial charge in [-0.3, -0.25) is 9.69 Å². The molecular weight excluding hydrogens is 356 g/mol. The van der Waals surface area contributed by atoms with Crippen LogP contribution >= 0.6 is 0 Å². The molecule has 3 aliphatic heterocycles. The minimum Gasteiger partial charge on any atom is -0.495 e. The number of carbonyl (C=O) groups is 1. The molecule has 1 spiro atoms. The number of furan rings is 1. The summed E-state index contributed by atoms with van der Waals surface area (Å²) in [4.78, 5) is 18.1. The van der Waals surface area contributed by atoms with E-state index in [1.54, 1.807) is 14.2 Å². The van der Waals surface area contributed by atoms with Gasteiger partial charge in [-0.2, -0.15) is 0 Å². The molecule has 6 nitrogen and oxygen atoms in total. The Balaban J connectivity index is 1.47. The van der Waals surface area contributed by atoms with Gasteiger partial charge in [0.05, 0.1) is 18.8 Å². The maximum Gasteiger partial charge on any atom is 0.248 e. The number of hydrogen-bond donors (Lipinski definition) is 0. The zero-order chi connectivity index (χ0) is 19.3. The summed E-state index contributed by atoms with van der Waals surface area (Å²) in [5.74, 6) is 3.06. The van der Waals surface area contributed by atoms with Crippen molar-refractivity contribution < 1.29 is 18.7 Å². The Kier molecular flexibility index (Phi) is 4.21. The first-order valence-corrected chi connectivity index (χ1v) is 9.98. The van der Waals surface area contributed by atoms with Crippen LogP contribution in [0.5, 0.6) is 5.75 Å². The molecule has 148 valence electrons. The van der Waals surface area contributed by atoms with Gasteiger partial charge in [-0.1, -0.05) is 12.1 Å².